The van der Waals surface area contributed by atoms with Gasteiger partial charge < -0.3 is 19.3 Å². The van der Waals surface area contributed by atoms with Gasteiger partial charge >= 0.3 is 5.97 Å². The smallest absolute Gasteiger partial charge is 0.309 e. The molecule has 0 unspecified atom stereocenters. The highest BCUT2D eigenvalue weighted by atomic mass is 16.6. The van der Waals surface area contributed by atoms with Crippen molar-refractivity contribution >= 4 is 5.97 Å². The molecule has 0 radical (unpaired) electrons. The summed E-state index contributed by atoms with van der Waals surface area (Å²) in [6, 6.07) is 14.2. The molecule has 5 heteroatoms. The van der Waals surface area contributed by atoms with Crippen molar-refractivity contribution in [1.82, 2.24) is 0 Å². The van der Waals surface area contributed by atoms with E-state index in [-0.39, 0.29) is 24.0 Å². The molecule has 0 spiro atoms. The van der Waals surface area contributed by atoms with Crippen molar-refractivity contribution in [2.45, 2.75) is 84.0 Å². The molecule has 2 aromatic rings. The second-order valence-corrected chi connectivity index (χ2v) is 11.6. The number of aliphatic carboxylic acids is 1. The predicted octanol–water partition coefficient (Wildman–Crippen LogP) is 6.50. The summed E-state index contributed by atoms with van der Waals surface area (Å²) in [5.74, 6) is 0.340. The van der Waals surface area contributed by atoms with Crippen molar-refractivity contribution in [2.75, 3.05) is 6.61 Å². The Labute approximate surface area is 203 Å². The van der Waals surface area contributed by atoms with Crippen LogP contribution in [0.15, 0.2) is 42.5 Å². The molecule has 0 aliphatic carbocycles. The van der Waals surface area contributed by atoms with Crippen LogP contribution in [-0.2, 0) is 14.9 Å². The molecule has 34 heavy (non-hydrogen) atoms. The third-order valence-electron chi connectivity index (χ3n) is 7.36. The minimum atomic E-state index is -0.854. The first-order valence-corrected chi connectivity index (χ1v) is 12.3. The summed E-state index contributed by atoms with van der Waals surface area (Å²) in [5.41, 5.74) is 2.91. The van der Waals surface area contributed by atoms with Crippen LogP contribution in [-0.4, -0.2) is 29.4 Å². The Hall–Kier alpha value is -2.53. The highest BCUT2D eigenvalue weighted by Crippen LogP contribution is 2.53. The molecule has 2 heterocycles. The van der Waals surface area contributed by atoms with Crippen LogP contribution < -0.4 is 9.47 Å². The normalized spacial score (nSPS) is 25.8. The molecule has 1 N–H and O–H groups in total. The summed E-state index contributed by atoms with van der Waals surface area (Å²) in [7, 11) is 0. The maximum Gasteiger partial charge on any atom is 0.309 e. The van der Waals surface area contributed by atoms with Crippen molar-refractivity contribution in [1.29, 1.82) is 0 Å². The first kappa shape index (κ1) is 24.6. The van der Waals surface area contributed by atoms with Crippen LogP contribution in [0.5, 0.6) is 11.5 Å². The maximum absolute atomic E-state index is 12.2. The van der Waals surface area contributed by atoms with E-state index in [1.54, 1.807) is 0 Å². The second kappa shape index (κ2) is 8.92. The Kier molecular flexibility index (Phi) is 6.45. The summed E-state index contributed by atoms with van der Waals surface area (Å²) in [4.78, 5) is 12.2. The Morgan fingerprint density at radius 2 is 1.82 bits per heavy atom. The van der Waals surface area contributed by atoms with Gasteiger partial charge in [0.2, 0.25) is 0 Å². The molecule has 0 bridgehead atoms. The van der Waals surface area contributed by atoms with Gasteiger partial charge in [-0.15, -0.1) is 0 Å². The van der Waals surface area contributed by atoms with Crippen LogP contribution >= 0.6 is 0 Å². The number of benzene rings is 2. The van der Waals surface area contributed by atoms with Gasteiger partial charge in [-0.05, 0) is 54.9 Å². The molecule has 2 aromatic carbocycles. The number of hydrogen-bond acceptors (Lipinski definition) is 4. The van der Waals surface area contributed by atoms with Gasteiger partial charge in [0.15, 0.2) is 0 Å². The number of ether oxygens (including phenoxy) is 3. The molecule has 5 nitrogen and oxygen atoms in total. The van der Waals surface area contributed by atoms with E-state index in [1.165, 1.54) is 5.56 Å². The van der Waals surface area contributed by atoms with Gasteiger partial charge in [0.25, 0.3) is 0 Å². The van der Waals surface area contributed by atoms with E-state index < -0.39 is 23.6 Å². The van der Waals surface area contributed by atoms with Crippen molar-refractivity contribution in [3.63, 3.8) is 0 Å². The van der Waals surface area contributed by atoms with Gasteiger partial charge in [0.05, 0.1) is 12.0 Å². The van der Waals surface area contributed by atoms with Gasteiger partial charge in [0, 0.05) is 11.5 Å². The lowest BCUT2D eigenvalue weighted by Crippen LogP contribution is -2.53. The lowest BCUT2D eigenvalue weighted by atomic mass is 9.71. The quantitative estimate of drug-likeness (QED) is 0.544. The molecule has 4 rings (SSSR count). The van der Waals surface area contributed by atoms with E-state index in [0.29, 0.717) is 12.3 Å². The van der Waals surface area contributed by atoms with Crippen molar-refractivity contribution < 1.29 is 24.1 Å². The first-order chi connectivity index (χ1) is 15.9. The Morgan fingerprint density at radius 3 is 2.41 bits per heavy atom. The van der Waals surface area contributed by atoms with Gasteiger partial charge in [-0.1, -0.05) is 65.0 Å². The molecular formula is C29H38O5. The Balaban J connectivity index is 1.60. The summed E-state index contributed by atoms with van der Waals surface area (Å²) < 4.78 is 19.1. The number of rotatable bonds is 5. The van der Waals surface area contributed by atoms with E-state index in [9.17, 15) is 9.90 Å². The number of para-hydroxylation sites is 1. The van der Waals surface area contributed by atoms with Crippen LogP contribution in [0.1, 0.15) is 83.6 Å². The lowest BCUT2D eigenvalue weighted by Gasteiger charge is -2.50. The van der Waals surface area contributed by atoms with Crippen molar-refractivity contribution in [2.24, 2.45) is 11.8 Å². The largest absolute Gasteiger partial charge is 0.491 e. The number of carbonyl (C=O) groups is 1. The summed E-state index contributed by atoms with van der Waals surface area (Å²) in [6.45, 7) is 15.1. The molecule has 2 aliphatic heterocycles. The van der Waals surface area contributed by atoms with E-state index in [0.717, 1.165) is 22.6 Å². The van der Waals surface area contributed by atoms with Gasteiger partial charge in [-0.3, -0.25) is 4.79 Å². The topological polar surface area (TPSA) is 65.0 Å². The fraction of sp³-hybridized carbons (Fsp3) is 0.552. The molecule has 0 aromatic heterocycles. The predicted molar refractivity (Wildman–Crippen MR) is 133 cm³/mol. The zero-order chi connectivity index (χ0) is 24.8. The summed E-state index contributed by atoms with van der Waals surface area (Å²) in [6.07, 6.45) is -0.301. The molecular weight excluding hydrogens is 428 g/mol. The van der Waals surface area contributed by atoms with Crippen molar-refractivity contribution in [3.8, 4) is 11.5 Å². The van der Waals surface area contributed by atoms with Crippen LogP contribution in [0.4, 0.5) is 0 Å². The fourth-order valence-corrected chi connectivity index (χ4v) is 5.22. The minimum absolute atomic E-state index is 0.0620. The van der Waals surface area contributed by atoms with Crippen LogP contribution in [0.25, 0.3) is 0 Å². The molecule has 184 valence electrons. The third-order valence-corrected chi connectivity index (χ3v) is 7.36. The van der Waals surface area contributed by atoms with Crippen LogP contribution in [0.3, 0.4) is 0 Å². The highest BCUT2D eigenvalue weighted by molar-refractivity contribution is 5.71. The first-order valence-electron chi connectivity index (χ1n) is 12.3. The number of carboxylic acids is 1. The number of hydrogen-bond donors (Lipinski definition) is 1. The zero-order valence-electron chi connectivity index (χ0n) is 21.4. The number of fused-ring (bicyclic) bond motifs is 3. The minimum Gasteiger partial charge on any atom is -0.491 e. The van der Waals surface area contributed by atoms with E-state index in [2.05, 4.69) is 58.9 Å². The Bertz CT molecular complexity index is 1030. The van der Waals surface area contributed by atoms with E-state index >= 15 is 0 Å². The van der Waals surface area contributed by atoms with Gasteiger partial charge in [-0.25, -0.2) is 0 Å². The highest BCUT2D eigenvalue weighted by Gasteiger charge is 2.52. The Morgan fingerprint density at radius 1 is 1.15 bits per heavy atom. The average Bonchev–Trinajstić information content (AvgIpc) is 2.76. The average molecular weight is 467 g/mol. The number of carboxylic acid groups (broad SMARTS) is 1. The summed E-state index contributed by atoms with van der Waals surface area (Å²) in [5, 5.41) is 10.0. The zero-order valence-corrected chi connectivity index (χ0v) is 21.4. The molecule has 0 amide bonds. The monoisotopic (exact) mass is 466 g/mol. The third kappa shape index (κ3) is 4.68. The maximum atomic E-state index is 12.2. The van der Waals surface area contributed by atoms with Crippen molar-refractivity contribution in [3.05, 3.63) is 59.2 Å². The fourth-order valence-electron chi connectivity index (χ4n) is 5.22. The van der Waals surface area contributed by atoms with Crippen LogP contribution in [0.2, 0.25) is 0 Å². The molecule has 1 fully saturated rings. The molecule has 0 saturated carbocycles. The summed E-state index contributed by atoms with van der Waals surface area (Å²) >= 11 is 0. The molecule has 4 atom stereocenters. The van der Waals surface area contributed by atoms with Gasteiger partial charge in [-0.2, -0.15) is 0 Å². The standard InChI is InChI=1S/C29H38O5/c1-17(2)20-9-8-10-21-25(20)34-29(6,7)23-15-22(27(30)31)24(33-26(21)23)16-32-19-13-11-18(12-14-19)28(3,4)5/h8-14,17,22-24,26H,15-16H2,1-7H3,(H,30,31)/t22-,23-,24-,26+/m0/s1. The molecule has 1 saturated heterocycles. The molecule has 2 aliphatic rings. The van der Waals surface area contributed by atoms with E-state index in [4.69, 9.17) is 14.2 Å². The lowest BCUT2D eigenvalue weighted by molar-refractivity contribution is -0.192. The second-order valence-electron chi connectivity index (χ2n) is 11.6. The van der Waals surface area contributed by atoms with Gasteiger partial charge in [0.1, 0.15) is 29.8 Å². The van der Waals surface area contributed by atoms with Crippen LogP contribution in [0, 0.1) is 11.8 Å². The van der Waals surface area contributed by atoms with E-state index in [1.807, 2.05) is 32.0 Å². The SMILES string of the molecule is CC(C)c1cccc2c1OC(C)(C)[C@H]1C[C@H](C(=O)O)[C@H](COc3ccc(C(C)(C)C)cc3)O[C@H]21.